The van der Waals surface area contributed by atoms with Crippen LogP contribution in [0, 0.1) is 5.92 Å². The van der Waals surface area contributed by atoms with Crippen LogP contribution >= 0.6 is 0 Å². The Hall–Kier alpha value is -0.570. The largest absolute Gasteiger partial charge is 0.481 e. The lowest BCUT2D eigenvalue weighted by Crippen LogP contribution is -2.35. The first-order valence-corrected chi connectivity index (χ1v) is 5.12. The lowest BCUT2D eigenvalue weighted by atomic mass is 10.1. The number of carbonyl (C=O) groups is 1. The van der Waals surface area contributed by atoms with E-state index in [1.54, 1.807) is 6.92 Å². The van der Waals surface area contributed by atoms with E-state index in [2.05, 4.69) is 11.8 Å². The summed E-state index contributed by atoms with van der Waals surface area (Å²) in [6, 6.07) is 0.627. The Morgan fingerprint density at radius 1 is 1.69 bits per heavy atom. The zero-order chi connectivity index (χ0) is 9.84. The molecule has 3 nitrogen and oxygen atoms in total. The van der Waals surface area contributed by atoms with Crippen LogP contribution in [-0.4, -0.2) is 35.1 Å². The van der Waals surface area contributed by atoms with Crippen LogP contribution in [0.15, 0.2) is 0 Å². The molecule has 2 unspecified atom stereocenters. The number of aliphatic carboxylic acids is 1. The van der Waals surface area contributed by atoms with Crippen LogP contribution in [0.1, 0.15) is 33.1 Å². The van der Waals surface area contributed by atoms with Gasteiger partial charge in [0.1, 0.15) is 0 Å². The standard InChI is InChI=1S/C10H19NO2/c1-3-9-5-4-6-11(9)7-8(2)10(12)13/h8-9H,3-7H2,1-2H3,(H,12,13). The highest BCUT2D eigenvalue weighted by Gasteiger charge is 2.25. The van der Waals surface area contributed by atoms with Gasteiger partial charge in [-0.15, -0.1) is 0 Å². The molecule has 1 fully saturated rings. The molecule has 0 aromatic carbocycles. The fourth-order valence-corrected chi connectivity index (χ4v) is 2.03. The molecule has 76 valence electrons. The van der Waals surface area contributed by atoms with E-state index < -0.39 is 5.97 Å². The normalized spacial score (nSPS) is 26.2. The summed E-state index contributed by atoms with van der Waals surface area (Å²) in [6.45, 7) is 5.76. The number of nitrogens with zero attached hydrogens (tertiary/aromatic N) is 1. The molecule has 1 saturated heterocycles. The summed E-state index contributed by atoms with van der Waals surface area (Å²) in [4.78, 5) is 13.0. The van der Waals surface area contributed by atoms with Crippen molar-refractivity contribution in [3.63, 3.8) is 0 Å². The zero-order valence-electron chi connectivity index (χ0n) is 8.49. The number of hydrogen-bond donors (Lipinski definition) is 1. The van der Waals surface area contributed by atoms with E-state index in [-0.39, 0.29) is 5.92 Å². The van der Waals surface area contributed by atoms with E-state index >= 15 is 0 Å². The number of carboxylic acid groups (broad SMARTS) is 1. The minimum absolute atomic E-state index is 0.229. The van der Waals surface area contributed by atoms with Gasteiger partial charge >= 0.3 is 5.97 Å². The first-order chi connectivity index (χ1) is 6.15. The third-order valence-corrected chi connectivity index (χ3v) is 2.90. The van der Waals surface area contributed by atoms with Crippen molar-refractivity contribution in [2.75, 3.05) is 13.1 Å². The molecule has 2 atom stereocenters. The maximum absolute atomic E-state index is 10.7. The highest BCUT2D eigenvalue weighted by atomic mass is 16.4. The molecular formula is C10H19NO2. The van der Waals surface area contributed by atoms with E-state index in [0.717, 1.165) is 13.0 Å². The van der Waals surface area contributed by atoms with Crippen molar-refractivity contribution < 1.29 is 9.90 Å². The van der Waals surface area contributed by atoms with Crippen LogP contribution in [-0.2, 0) is 4.79 Å². The molecule has 0 aromatic rings. The van der Waals surface area contributed by atoms with Crippen molar-refractivity contribution in [2.24, 2.45) is 5.92 Å². The summed E-state index contributed by atoms with van der Waals surface area (Å²) in [5.41, 5.74) is 0. The highest BCUT2D eigenvalue weighted by molar-refractivity contribution is 5.69. The second kappa shape index (κ2) is 4.61. The molecule has 1 aliphatic heterocycles. The van der Waals surface area contributed by atoms with Crippen LogP contribution in [0.3, 0.4) is 0 Å². The van der Waals surface area contributed by atoms with Gasteiger partial charge in [-0.05, 0) is 25.8 Å². The van der Waals surface area contributed by atoms with E-state index in [4.69, 9.17) is 5.11 Å². The number of hydrogen-bond acceptors (Lipinski definition) is 2. The summed E-state index contributed by atoms with van der Waals surface area (Å²) in [5, 5.41) is 8.77. The van der Waals surface area contributed by atoms with Gasteiger partial charge < -0.3 is 5.11 Å². The van der Waals surface area contributed by atoms with E-state index in [1.165, 1.54) is 12.8 Å². The van der Waals surface area contributed by atoms with Gasteiger partial charge in [0.05, 0.1) is 5.92 Å². The predicted molar refractivity (Wildman–Crippen MR) is 51.7 cm³/mol. The number of carboxylic acids is 1. The minimum atomic E-state index is -0.679. The van der Waals surface area contributed by atoms with Gasteiger partial charge in [0.2, 0.25) is 0 Å². The SMILES string of the molecule is CCC1CCCN1CC(C)C(=O)O. The highest BCUT2D eigenvalue weighted by Crippen LogP contribution is 2.20. The second-order valence-corrected chi connectivity index (χ2v) is 3.94. The van der Waals surface area contributed by atoms with Gasteiger partial charge in [-0.1, -0.05) is 13.8 Å². The molecule has 0 aromatic heterocycles. The Kier molecular flexibility index (Phi) is 3.72. The van der Waals surface area contributed by atoms with Crippen LogP contribution in [0.2, 0.25) is 0 Å². The molecule has 13 heavy (non-hydrogen) atoms. The number of rotatable bonds is 4. The van der Waals surface area contributed by atoms with Gasteiger partial charge in [0.25, 0.3) is 0 Å². The van der Waals surface area contributed by atoms with Crippen molar-refractivity contribution in [1.29, 1.82) is 0 Å². The molecule has 1 heterocycles. The Morgan fingerprint density at radius 3 is 2.92 bits per heavy atom. The Morgan fingerprint density at radius 2 is 2.38 bits per heavy atom. The Bertz CT molecular complexity index is 182. The number of likely N-dealkylation sites (tertiary alicyclic amines) is 1. The molecule has 0 aliphatic carbocycles. The monoisotopic (exact) mass is 185 g/mol. The van der Waals surface area contributed by atoms with Crippen LogP contribution in [0.25, 0.3) is 0 Å². The summed E-state index contributed by atoms with van der Waals surface area (Å²) < 4.78 is 0. The fraction of sp³-hybridized carbons (Fsp3) is 0.900. The van der Waals surface area contributed by atoms with Crippen LogP contribution < -0.4 is 0 Å². The second-order valence-electron chi connectivity index (χ2n) is 3.94. The van der Waals surface area contributed by atoms with Crippen molar-refractivity contribution >= 4 is 5.97 Å². The Labute approximate surface area is 79.7 Å². The van der Waals surface area contributed by atoms with Crippen molar-refractivity contribution in [3.05, 3.63) is 0 Å². The smallest absolute Gasteiger partial charge is 0.307 e. The summed E-state index contributed by atoms with van der Waals surface area (Å²) >= 11 is 0. The Balaban J connectivity index is 2.39. The maximum atomic E-state index is 10.7. The molecule has 1 aliphatic rings. The minimum Gasteiger partial charge on any atom is -0.481 e. The topological polar surface area (TPSA) is 40.5 Å². The predicted octanol–water partition coefficient (Wildman–Crippen LogP) is 1.58. The first kappa shape index (κ1) is 10.5. The molecule has 0 amide bonds. The third kappa shape index (κ3) is 2.69. The van der Waals surface area contributed by atoms with E-state index in [1.807, 2.05) is 0 Å². The van der Waals surface area contributed by atoms with Crippen LogP contribution in [0.4, 0.5) is 0 Å². The molecule has 3 heteroatoms. The summed E-state index contributed by atoms with van der Waals surface area (Å²) in [7, 11) is 0. The van der Waals surface area contributed by atoms with E-state index in [9.17, 15) is 4.79 Å². The molecule has 0 radical (unpaired) electrons. The van der Waals surface area contributed by atoms with Gasteiger partial charge in [-0.3, -0.25) is 9.69 Å². The molecule has 1 rings (SSSR count). The summed E-state index contributed by atoms with van der Waals surface area (Å²) in [5.74, 6) is -0.908. The van der Waals surface area contributed by atoms with Gasteiger partial charge in [-0.25, -0.2) is 0 Å². The third-order valence-electron chi connectivity index (χ3n) is 2.90. The van der Waals surface area contributed by atoms with Crippen molar-refractivity contribution in [2.45, 2.75) is 39.2 Å². The van der Waals surface area contributed by atoms with Crippen LogP contribution in [0.5, 0.6) is 0 Å². The van der Waals surface area contributed by atoms with Gasteiger partial charge in [0.15, 0.2) is 0 Å². The lowest BCUT2D eigenvalue weighted by Gasteiger charge is -2.24. The molecule has 0 bridgehead atoms. The van der Waals surface area contributed by atoms with Gasteiger partial charge in [-0.2, -0.15) is 0 Å². The average Bonchev–Trinajstić information content (AvgIpc) is 2.51. The molecule has 0 spiro atoms. The lowest BCUT2D eigenvalue weighted by molar-refractivity contribution is -0.141. The molecular weight excluding hydrogens is 166 g/mol. The van der Waals surface area contributed by atoms with Gasteiger partial charge in [0, 0.05) is 12.6 Å². The van der Waals surface area contributed by atoms with E-state index in [0.29, 0.717) is 12.6 Å². The average molecular weight is 185 g/mol. The van der Waals surface area contributed by atoms with Crippen molar-refractivity contribution in [1.82, 2.24) is 4.90 Å². The quantitative estimate of drug-likeness (QED) is 0.723. The molecule has 0 saturated carbocycles. The fourth-order valence-electron chi connectivity index (χ4n) is 2.03. The zero-order valence-corrected chi connectivity index (χ0v) is 8.49. The van der Waals surface area contributed by atoms with Crippen molar-refractivity contribution in [3.8, 4) is 0 Å². The maximum Gasteiger partial charge on any atom is 0.307 e. The summed E-state index contributed by atoms with van der Waals surface area (Å²) in [6.07, 6.45) is 3.61. The first-order valence-electron chi connectivity index (χ1n) is 5.12. The molecule has 1 N–H and O–H groups in total.